The van der Waals surface area contributed by atoms with E-state index < -0.39 is 16.0 Å². The fourth-order valence-corrected chi connectivity index (χ4v) is 5.38. The van der Waals surface area contributed by atoms with Gasteiger partial charge in [-0.25, -0.2) is 13.2 Å². The Bertz CT molecular complexity index is 973. The van der Waals surface area contributed by atoms with Crippen molar-refractivity contribution in [3.63, 3.8) is 0 Å². The van der Waals surface area contributed by atoms with Gasteiger partial charge in [0, 0.05) is 35.3 Å². The molecule has 0 unspecified atom stereocenters. The van der Waals surface area contributed by atoms with E-state index in [0.717, 1.165) is 24.6 Å². The third-order valence-corrected chi connectivity index (χ3v) is 6.98. The molecule has 1 saturated heterocycles. The molecule has 0 radical (unpaired) electrons. The van der Waals surface area contributed by atoms with E-state index in [0.29, 0.717) is 16.3 Å². The van der Waals surface area contributed by atoms with Crippen molar-refractivity contribution in [2.45, 2.75) is 11.8 Å². The van der Waals surface area contributed by atoms with Crippen LogP contribution in [0.4, 0.5) is 11.4 Å². The number of hydrogen-bond donors (Lipinski definition) is 2. The number of anilines is 2. The number of benzene rings is 2. The number of thioether (sulfide) groups is 1. The second kappa shape index (κ2) is 8.00. The van der Waals surface area contributed by atoms with Crippen molar-refractivity contribution in [1.82, 2.24) is 0 Å². The fourth-order valence-electron chi connectivity index (χ4n) is 2.98. The Labute approximate surface area is 167 Å². The van der Waals surface area contributed by atoms with Gasteiger partial charge in [-0.3, -0.25) is 4.72 Å². The van der Waals surface area contributed by atoms with Gasteiger partial charge in [0.1, 0.15) is 0 Å². The van der Waals surface area contributed by atoms with Gasteiger partial charge in [0.2, 0.25) is 0 Å². The van der Waals surface area contributed by atoms with Crippen molar-refractivity contribution in [3.05, 3.63) is 52.5 Å². The number of nitrogens with zero attached hydrogens (tertiary/aromatic N) is 1. The molecule has 0 atom stereocenters. The zero-order chi connectivity index (χ0) is 19.6. The first-order valence-corrected chi connectivity index (χ1v) is 11.3. The van der Waals surface area contributed by atoms with Gasteiger partial charge in [-0.2, -0.15) is 11.8 Å². The number of carboxylic acids is 1. The van der Waals surface area contributed by atoms with Crippen molar-refractivity contribution >= 4 is 50.7 Å². The first-order valence-electron chi connectivity index (χ1n) is 8.27. The maximum atomic E-state index is 12.7. The minimum atomic E-state index is -3.86. The summed E-state index contributed by atoms with van der Waals surface area (Å²) in [6.07, 6.45) is 0. The van der Waals surface area contributed by atoms with E-state index in [1.807, 2.05) is 16.7 Å². The number of aromatic carboxylic acids is 1. The molecule has 1 aliphatic rings. The summed E-state index contributed by atoms with van der Waals surface area (Å²) in [5, 5.41) is 10.0. The second-order valence-electron chi connectivity index (χ2n) is 6.15. The highest BCUT2D eigenvalue weighted by Crippen LogP contribution is 2.29. The molecule has 2 aromatic rings. The summed E-state index contributed by atoms with van der Waals surface area (Å²) >= 11 is 7.72. The van der Waals surface area contributed by atoms with Gasteiger partial charge in [-0.05, 0) is 48.9 Å². The molecular weight excluding hydrogens is 408 g/mol. The summed E-state index contributed by atoms with van der Waals surface area (Å²) in [6.45, 7) is 3.18. The van der Waals surface area contributed by atoms with Crippen LogP contribution < -0.4 is 9.62 Å². The molecule has 2 N–H and O–H groups in total. The molecule has 2 aromatic carbocycles. The number of aryl methyl sites for hydroxylation is 1. The highest BCUT2D eigenvalue weighted by Gasteiger charge is 2.21. The summed E-state index contributed by atoms with van der Waals surface area (Å²) < 4.78 is 27.8. The van der Waals surface area contributed by atoms with Crippen LogP contribution in [0.15, 0.2) is 41.3 Å². The van der Waals surface area contributed by atoms with E-state index in [-0.39, 0.29) is 16.1 Å². The van der Waals surface area contributed by atoms with Gasteiger partial charge < -0.3 is 10.0 Å². The van der Waals surface area contributed by atoms with Crippen LogP contribution in [0.5, 0.6) is 0 Å². The number of hydrogen-bond acceptors (Lipinski definition) is 5. The molecule has 0 saturated carbocycles. The third kappa shape index (κ3) is 4.51. The number of sulfonamides is 1. The molecule has 1 aliphatic heterocycles. The summed E-state index contributed by atoms with van der Waals surface area (Å²) in [4.78, 5) is 13.8. The number of halogens is 1. The Morgan fingerprint density at radius 2 is 1.89 bits per heavy atom. The van der Waals surface area contributed by atoms with E-state index in [1.165, 1.54) is 18.2 Å². The van der Waals surface area contributed by atoms with Crippen molar-refractivity contribution in [2.75, 3.05) is 34.2 Å². The van der Waals surface area contributed by atoms with E-state index >= 15 is 0 Å². The van der Waals surface area contributed by atoms with Crippen LogP contribution in [-0.4, -0.2) is 44.1 Å². The van der Waals surface area contributed by atoms with Crippen molar-refractivity contribution in [1.29, 1.82) is 0 Å². The molecule has 0 spiro atoms. The Morgan fingerprint density at radius 3 is 2.52 bits per heavy atom. The summed E-state index contributed by atoms with van der Waals surface area (Å²) in [5.74, 6) is 0.777. The van der Waals surface area contributed by atoms with E-state index in [9.17, 15) is 18.3 Å². The maximum Gasteiger partial charge on any atom is 0.337 e. The zero-order valence-corrected chi connectivity index (χ0v) is 17.0. The lowest BCUT2D eigenvalue weighted by molar-refractivity contribution is 0.0697. The van der Waals surface area contributed by atoms with Crippen LogP contribution >= 0.6 is 23.4 Å². The van der Waals surface area contributed by atoms with Crippen LogP contribution in [0.1, 0.15) is 15.9 Å². The maximum absolute atomic E-state index is 12.7. The molecule has 27 heavy (non-hydrogen) atoms. The van der Waals surface area contributed by atoms with E-state index in [4.69, 9.17) is 11.6 Å². The summed E-state index contributed by atoms with van der Waals surface area (Å²) in [5.41, 5.74) is 1.40. The standard InChI is InChI=1S/C18H19ClN2O4S2/c1-12-10-13(19)2-5-17(12)27(24,25)20-14-3-4-16(15(11-14)18(22)23)21-6-8-26-9-7-21/h2-5,10-11,20H,6-9H2,1H3,(H,22,23). The lowest BCUT2D eigenvalue weighted by atomic mass is 10.1. The molecule has 1 fully saturated rings. The molecule has 0 aromatic heterocycles. The summed E-state index contributed by atoms with van der Waals surface area (Å²) in [6, 6.07) is 9.11. The zero-order valence-electron chi connectivity index (χ0n) is 14.6. The molecule has 0 aliphatic carbocycles. The van der Waals surface area contributed by atoms with Gasteiger partial charge in [-0.1, -0.05) is 11.6 Å². The largest absolute Gasteiger partial charge is 0.478 e. The molecule has 144 valence electrons. The topological polar surface area (TPSA) is 86.7 Å². The van der Waals surface area contributed by atoms with Gasteiger partial charge >= 0.3 is 5.97 Å². The average Bonchev–Trinajstić information content (AvgIpc) is 2.61. The molecule has 0 bridgehead atoms. The van der Waals surface area contributed by atoms with E-state index in [1.54, 1.807) is 25.1 Å². The second-order valence-corrected chi connectivity index (χ2v) is 9.46. The van der Waals surface area contributed by atoms with Crippen molar-refractivity contribution in [3.8, 4) is 0 Å². The van der Waals surface area contributed by atoms with Crippen LogP contribution in [0.25, 0.3) is 0 Å². The van der Waals surface area contributed by atoms with Crippen molar-refractivity contribution < 1.29 is 18.3 Å². The highest BCUT2D eigenvalue weighted by atomic mass is 35.5. The monoisotopic (exact) mass is 426 g/mol. The first kappa shape index (κ1) is 19.9. The fraction of sp³-hybridized carbons (Fsp3) is 0.278. The van der Waals surface area contributed by atoms with Gasteiger partial charge in [-0.15, -0.1) is 0 Å². The number of carbonyl (C=O) groups is 1. The number of nitrogens with one attached hydrogen (secondary N) is 1. The quantitative estimate of drug-likeness (QED) is 0.758. The molecule has 1 heterocycles. The van der Waals surface area contributed by atoms with Crippen LogP contribution in [0.3, 0.4) is 0 Å². The Hall–Kier alpha value is -1.90. The summed E-state index contributed by atoms with van der Waals surface area (Å²) in [7, 11) is -3.86. The predicted octanol–water partition coefficient (Wildman–Crippen LogP) is 3.70. The lowest BCUT2D eigenvalue weighted by Crippen LogP contribution is -2.33. The average molecular weight is 427 g/mol. The van der Waals surface area contributed by atoms with Gasteiger partial charge in [0.15, 0.2) is 0 Å². The lowest BCUT2D eigenvalue weighted by Gasteiger charge is -2.29. The predicted molar refractivity (Wildman–Crippen MR) is 110 cm³/mol. The molecule has 0 amide bonds. The van der Waals surface area contributed by atoms with Crippen LogP contribution in [0, 0.1) is 6.92 Å². The molecule has 9 heteroatoms. The highest BCUT2D eigenvalue weighted by molar-refractivity contribution is 7.99. The SMILES string of the molecule is Cc1cc(Cl)ccc1S(=O)(=O)Nc1ccc(N2CCSCC2)c(C(=O)O)c1. The molecule has 6 nitrogen and oxygen atoms in total. The number of carboxylic acid groups (broad SMARTS) is 1. The first-order chi connectivity index (χ1) is 12.8. The molecular formula is C18H19ClN2O4S2. The Morgan fingerprint density at radius 1 is 1.19 bits per heavy atom. The minimum Gasteiger partial charge on any atom is -0.478 e. The van der Waals surface area contributed by atoms with Crippen LogP contribution in [-0.2, 0) is 10.0 Å². The molecule has 3 rings (SSSR count). The number of rotatable bonds is 5. The Kier molecular flexibility index (Phi) is 5.88. The third-order valence-electron chi connectivity index (χ3n) is 4.26. The van der Waals surface area contributed by atoms with Crippen LogP contribution in [0.2, 0.25) is 5.02 Å². The van der Waals surface area contributed by atoms with Crippen molar-refractivity contribution in [2.24, 2.45) is 0 Å². The van der Waals surface area contributed by atoms with Gasteiger partial charge in [0.25, 0.3) is 10.0 Å². The Balaban J connectivity index is 1.93. The minimum absolute atomic E-state index is 0.0786. The smallest absolute Gasteiger partial charge is 0.337 e. The normalized spacial score (nSPS) is 14.8. The van der Waals surface area contributed by atoms with E-state index in [2.05, 4.69) is 4.72 Å². The van der Waals surface area contributed by atoms with Gasteiger partial charge in [0.05, 0.1) is 16.1 Å².